The van der Waals surface area contributed by atoms with E-state index in [4.69, 9.17) is 0 Å². The van der Waals surface area contributed by atoms with Crippen molar-refractivity contribution in [2.45, 2.75) is 57.0 Å². The van der Waals surface area contributed by atoms with Crippen LogP contribution < -0.4 is 15.5 Å². The molecule has 2 saturated carbocycles. The first-order chi connectivity index (χ1) is 14.2. The van der Waals surface area contributed by atoms with Crippen molar-refractivity contribution in [1.82, 2.24) is 5.32 Å². The van der Waals surface area contributed by atoms with Gasteiger partial charge >= 0.3 is 0 Å². The molecule has 0 unspecified atom stereocenters. The van der Waals surface area contributed by atoms with Gasteiger partial charge in [-0.3, -0.25) is 9.59 Å². The predicted octanol–water partition coefficient (Wildman–Crippen LogP) is 4.36. The molecule has 29 heavy (non-hydrogen) atoms. The molecule has 0 bridgehead atoms. The topological polar surface area (TPSA) is 61.4 Å². The molecule has 2 aromatic rings. The van der Waals surface area contributed by atoms with Gasteiger partial charge in [-0.15, -0.1) is 0 Å². The van der Waals surface area contributed by atoms with Crippen LogP contribution in [-0.2, 0) is 4.79 Å². The molecule has 2 N–H and O–H groups in total. The zero-order valence-electron chi connectivity index (χ0n) is 16.8. The van der Waals surface area contributed by atoms with Gasteiger partial charge in [0, 0.05) is 23.5 Å². The summed E-state index contributed by atoms with van der Waals surface area (Å²) in [7, 11) is 0. The Kier molecular flexibility index (Phi) is 6.13. The molecule has 0 atom stereocenters. The summed E-state index contributed by atoms with van der Waals surface area (Å²) in [6.07, 6.45) is 7.76. The molecule has 0 saturated heterocycles. The van der Waals surface area contributed by atoms with Crippen LogP contribution in [0.15, 0.2) is 54.6 Å². The average molecular weight is 392 g/mol. The van der Waals surface area contributed by atoms with E-state index in [0.29, 0.717) is 17.3 Å². The third kappa shape index (κ3) is 4.97. The summed E-state index contributed by atoms with van der Waals surface area (Å²) in [4.78, 5) is 27.7. The Morgan fingerprint density at radius 3 is 2.28 bits per heavy atom. The molecular formula is C24H29N3O2. The molecule has 0 radical (unpaired) electrons. The monoisotopic (exact) mass is 391 g/mol. The Hall–Kier alpha value is -2.82. The summed E-state index contributed by atoms with van der Waals surface area (Å²) in [6, 6.07) is 17.9. The van der Waals surface area contributed by atoms with E-state index in [9.17, 15) is 9.59 Å². The first-order valence-corrected chi connectivity index (χ1v) is 10.7. The number of hydrogen-bond acceptors (Lipinski definition) is 3. The highest BCUT2D eigenvalue weighted by Gasteiger charge is 2.27. The van der Waals surface area contributed by atoms with Crippen LogP contribution in [-0.4, -0.2) is 30.4 Å². The van der Waals surface area contributed by atoms with Crippen LogP contribution >= 0.6 is 0 Å². The molecule has 5 nitrogen and oxygen atoms in total. The maximum Gasteiger partial charge on any atom is 0.253 e. The summed E-state index contributed by atoms with van der Waals surface area (Å²) in [5, 5.41) is 6.25. The molecule has 2 fully saturated rings. The maximum atomic E-state index is 13.2. The van der Waals surface area contributed by atoms with Crippen molar-refractivity contribution < 1.29 is 9.59 Å². The van der Waals surface area contributed by atoms with Gasteiger partial charge in [-0.1, -0.05) is 49.6 Å². The van der Waals surface area contributed by atoms with Gasteiger partial charge in [0.1, 0.15) is 0 Å². The molecule has 0 aromatic heterocycles. The fraction of sp³-hybridized carbons (Fsp3) is 0.417. The Labute approximate surface area is 172 Å². The molecular weight excluding hydrogens is 362 g/mol. The minimum absolute atomic E-state index is 0.0421. The number of hydrogen-bond donors (Lipinski definition) is 2. The number of amides is 2. The van der Waals surface area contributed by atoms with Crippen LogP contribution in [0.1, 0.15) is 55.3 Å². The van der Waals surface area contributed by atoms with E-state index in [-0.39, 0.29) is 24.4 Å². The summed E-state index contributed by atoms with van der Waals surface area (Å²) < 4.78 is 0. The van der Waals surface area contributed by atoms with Crippen LogP contribution in [0, 0.1) is 0 Å². The smallest absolute Gasteiger partial charge is 0.253 e. The van der Waals surface area contributed by atoms with Crippen LogP contribution in [0.5, 0.6) is 0 Å². The molecule has 152 valence electrons. The minimum Gasteiger partial charge on any atom is -0.375 e. The Bertz CT molecular complexity index is 842. The number of nitrogens with zero attached hydrogens (tertiary/aromatic N) is 1. The molecule has 0 heterocycles. The standard InChI is InChI=1S/C24H29N3O2/c28-23(27(19-9-3-1-4-10-19)20-11-5-2-6-12-20)17-25-22-14-8-7-13-21(22)24(29)26-18-15-16-18/h1,3-4,7-10,13-14,18,20,25H,2,5-6,11-12,15-17H2,(H,26,29). The fourth-order valence-electron chi connectivity index (χ4n) is 4.07. The van der Waals surface area contributed by atoms with Crippen LogP contribution in [0.25, 0.3) is 0 Å². The third-order valence-corrected chi connectivity index (χ3v) is 5.76. The second kappa shape index (κ2) is 9.12. The van der Waals surface area contributed by atoms with Crippen LogP contribution in [0.2, 0.25) is 0 Å². The largest absolute Gasteiger partial charge is 0.375 e. The van der Waals surface area contributed by atoms with Crippen molar-refractivity contribution in [3.05, 3.63) is 60.2 Å². The van der Waals surface area contributed by atoms with Crippen molar-refractivity contribution in [3.63, 3.8) is 0 Å². The van der Waals surface area contributed by atoms with Gasteiger partial charge in [0.05, 0.1) is 12.1 Å². The van der Waals surface area contributed by atoms with Gasteiger partial charge in [0.15, 0.2) is 0 Å². The van der Waals surface area contributed by atoms with Gasteiger partial charge in [0.2, 0.25) is 5.91 Å². The van der Waals surface area contributed by atoms with Gasteiger partial charge < -0.3 is 15.5 Å². The predicted molar refractivity (Wildman–Crippen MR) is 116 cm³/mol. The molecule has 0 spiro atoms. The maximum absolute atomic E-state index is 13.2. The number of nitrogens with one attached hydrogen (secondary N) is 2. The lowest BCUT2D eigenvalue weighted by molar-refractivity contribution is -0.117. The van der Waals surface area contributed by atoms with E-state index < -0.39 is 0 Å². The van der Waals surface area contributed by atoms with Gasteiger partial charge in [-0.25, -0.2) is 0 Å². The lowest BCUT2D eigenvalue weighted by Gasteiger charge is -2.34. The van der Waals surface area contributed by atoms with E-state index in [2.05, 4.69) is 10.6 Å². The lowest BCUT2D eigenvalue weighted by Crippen LogP contribution is -2.44. The highest BCUT2D eigenvalue weighted by molar-refractivity contribution is 6.01. The van der Waals surface area contributed by atoms with E-state index in [1.54, 1.807) is 6.07 Å². The highest BCUT2D eigenvalue weighted by Crippen LogP contribution is 2.28. The molecule has 2 aliphatic rings. The van der Waals surface area contributed by atoms with Crippen molar-refractivity contribution >= 4 is 23.2 Å². The van der Waals surface area contributed by atoms with Gasteiger partial charge in [-0.05, 0) is 49.9 Å². The Morgan fingerprint density at radius 2 is 1.55 bits per heavy atom. The molecule has 2 aliphatic carbocycles. The van der Waals surface area contributed by atoms with Crippen LogP contribution in [0.4, 0.5) is 11.4 Å². The quantitative estimate of drug-likeness (QED) is 0.737. The second-order valence-electron chi connectivity index (χ2n) is 8.04. The summed E-state index contributed by atoms with van der Waals surface area (Å²) >= 11 is 0. The molecule has 0 aliphatic heterocycles. The summed E-state index contributed by atoms with van der Waals surface area (Å²) in [5.74, 6) is -0.0317. The van der Waals surface area contributed by atoms with Crippen molar-refractivity contribution in [2.75, 3.05) is 16.8 Å². The Balaban J connectivity index is 1.47. The number of carbonyl (C=O) groups is 2. The molecule has 2 aromatic carbocycles. The van der Waals surface area contributed by atoms with E-state index in [1.807, 2.05) is 53.4 Å². The number of carbonyl (C=O) groups excluding carboxylic acids is 2. The molecule has 5 heteroatoms. The van der Waals surface area contributed by atoms with Gasteiger partial charge in [0.25, 0.3) is 5.91 Å². The number of anilines is 2. The van der Waals surface area contributed by atoms with Crippen molar-refractivity contribution in [3.8, 4) is 0 Å². The molecule has 4 rings (SSSR count). The first kappa shape index (κ1) is 19.5. The summed E-state index contributed by atoms with van der Waals surface area (Å²) in [5.41, 5.74) is 2.25. The van der Waals surface area contributed by atoms with Crippen molar-refractivity contribution in [1.29, 1.82) is 0 Å². The average Bonchev–Trinajstić information content (AvgIpc) is 3.58. The number of benzene rings is 2. The zero-order valence-corrected chi connectivity index (χ0v) is 16.8. The third-order valence-electron chi connectivity index (χ3n) is 5.76. The lowest BCUT2D eigenvalue weighted by atomic mass is 9.93. The Morgan fingerprint density at radius 1 is 0.862 bits per heavy atom. The summed E-state index contributed by atoms with van der Waals surface area (Å²) in [6.45, 7) is 0.166. The number of rotatable bonds is 7. The highest BCUT2D eigenvalue weighted by atomic mass is 16.2. The second-order valence-corrected chi connectivity index (χ2v) is 8.04. The van der Waals surface area contributed by atoms with Crippen LogP contribution in [0.3, 0.4) is 0 Å². The van der Waals surface area contributed by atoms with Gasteiger partial charge in [-0.2, -0.15) is 0 Å². The molecule has 2 amide bonds. The normalized spacial score (nSPS) is 16.8. The fourth-order valence-corrected chi connectivity index (χ4v) is 4.07. The number of para-hydroxylation sites is 2. The van der Waals surface area contributed by atoms with E-state index in [1.165, 1.54) is 19.3 Å². The first-order valence-electron chi connectivity index (χ1n) is 10.7. The van der Waals surface area contributed by atoms with E-state index in [0.717, 1.165) is 31.4 Å². The SMILES string of the molecule is O=C(NC1CC1)c1ccccc1NCC(=O)N(c1ccccc1)C1CCCCC1. The van der Waals surface area contributed by atoms with E-state index >= 15 is 0 Å². The minimum atomic E-state index is -0.0738. The van der Waals surface area contributed by atoms with Crippen molar-refractivity contribution in [2.24, 2.45) is 0 Å². The zero-order chi connectivity index (χ0) is 20.1.